The van der Waals surface area contributed by atoms with Gasteiger partial charge in [0.2, 0.25) is 5.76 Å². The summed E-state index contributed by atoms with van der Waals surface area (Å²) in [6.07, 6.45) is 1.51. The number of carbonyl (C=O) groups is 2. The van der Waals surface area contributed by atoms with Gasteiger partial charge in [0.25, 0.3) is 5.91 Å². The summed E-state index contributed by atoms with van der Waals surface area (Å²) in [7, 11) is 2.87. The van der Waals surface area contributed by atoms with Crippen molar-refractivity contribution in [2.75, 3.05) is 19.5 Å². The molecule has 2 heterocycles. The second-order valence-corrected chi connectivity index (χ2v) is 7.33. The minimum absolute atomic E-state index is 0.0489. The van der Waals surface area contributed by atoms with Gasteiger partial charge in [0, 0.05) is 18.2 Å². The van der Waals surface area contributed by atoms with Crippen molar-refractivity contribution in [2.24, 2.45) is 0 Å². The van der Waals surface area contributed by atoms with E-state index in [0.717, 1.165) is 0 Å². The van der Waals surface area contributed by atoms with Crippen LogP contribution in [-0.2, 0) is 11.3 Å². The quantitative estimate of drug-likeness (QED) is 0.340. The Morgan fingerprint density at radius 1 is 0.971 bits per heavy atom. The summed E-state index contributed by atoms with van der Waals surface area (Å²) in [4.78, 5) is 25.8. The van der Waals surface area contributed by atoms with Gasteiger partial charge in [0.15, 0.2) is 17.3 Å². The molecule has 0 atom stereocenters. The molecule has 0 aliphatic rings. The van der Waals surface area contributed by atoms with Crippen LogP contribution in [0.3, 0.4) is 0 Å². The summed E-state index contributed by atoms with van der Waals surface area (Å²) in [5, 5.41) is 6.83. The van der Waals surface area contributed by atoms with Crippen molar-refractivity contribution in [1.82, 2.24) is 5.16 Å². The number of carbonyl (C=O) groups excluding carboxylic acids is 2. The van der Waals surface area contributed by atoms with Gasteiger partial charge in [-0.25, -0.2) is 4.79 Å². The summed E-state index contributed by atoms with van der Waals surface area (Å²) >= 11 is 6.13. The Kier molecular flexibility index (Phi) is 6.84. The first-order valence-corrected chi connectivity index (χ1v) is 10.4. The van der Waals surface area contributed by atoms with Gasteiger partial charge in [-0.05, 0) is 24.3 Å². The fraction of sp³-hybridized carbons (Fsp3) is 0.125. The van der Waals surface area contributed by atoms with E-state index in [1.165, 1.54) is 32.6 Å². The third kappa shape index (κ3) is 4.89. The largest absolute Gasteiger partial charge is 0.493 e. The molecular weight excluding hydrogens is 464 g/mol. The number of esters is 1. The van der Waals surface area contributed by atoms with Crippen LogP contribution in [0.1, 0.15) is 26.4 Å². The molecular formula is C24H19ClN2O7. The summed E-state index contributed by atoms with van der Waals surface area (Å²) < 4.78 is 26.5. The molecule has 4 rings (SSSR count). The van der Waals surface area contributed by atoms with Gasteiger partial charge in [-0.2, -0.15) is 0 Å². The van der Waals surface area contributed by atoms with E-state index < -0.39 is 11.9 Å². The first-order chi connectivity index (χ1) is 16.5. The average molecular weight is 483 g/mol. The highest BCUT2D eigenvalue weighted by atomic mass is 35.5. The average Bonchev–Trinajstić information content (AvgIpc) is 3.54. The number of halogens is 1. The van der Waals surface area contributed by atoms with Gasteiger partial charge in [0.1, 0.15) is 12.3 Å². The molecule has 0 saturated heterocycles. The van der Waals surface area contributed by atoms with Crippen molar-refractivity contribution in [3.8, 4) is 23.0 Å². The molecule has 0 aliphatic heterocycles. The lowest BCUT2D eigenvalue weighted by molar-refractivity contribution is 0.0465. The lowest BCUT2D eigenvalue weighted by atomic mass is 10.1. The third-order valence-electron chi connectivity index (χ3n) is 4.78. The standard InChI is InChI=1S/C24H19ClN2O7/c1-30-20-11-16(24(29)33-13-14-10-22(34-27-14)19-8-5-9-32-19)18(12-21(20)31-2)26-23(28)15-6-3-4-7-17(15)25/h3-12H,13H2,1-2H3,(H,26,28). The van der Waals surface area contributed by atoms with Gasteiger partial charge < -0.3 is 28.5 Å². The molecule has 34 heavy (non-hydrogen) atoms. The maximum atomic E-state index is 13.0. The predicted molar refractivity (Wildman–Crippen MR) is 122 cm³/mol. The van der Waals surface area contributed by atoms with Crippen molar-refractivity contribution >= 4 is 29.2 Å². The number of nitrogens with one attached hydrogen (secondary N) is 1. The molecule has 1 N–H and O–H groups in total. The van der Waals surface area contributed by atoms with Crippen LogP contribution < -0.4 is 14.8 Å². The van der Waals surface area contributed by atoms with Gasteiger partial charge in [-0.1, -0.05) is 28.9 Å². The summed E-state index contributed by atoms with van der Waals surface area (Å²) in [6.45, 7) is -0.171. The molecule has 0 unspecified atom stereocenters. The lowest BCUT2D eigenvalue weighted by Gasteiger charge is -2.15. The van der Waals surface area contributed by atoms with Gasteiger partial charge >= 0.3 is 5.97 Å². The Morgan fingerprint density at radius 3 is 2.44 bits per heavy atom. The third-order valence-corrected chi connectivity index (χ3v) is 5.11. The molecule has 0 bridgehead atoms. The van der Waals surface area contributed by atoms with E-state index >= 15 is 0 Å². The molecule has 9 nitrogen and oxygen atoms in total. The number of amides is 1. The van der Waals surface area contributed by atoms with Crippen LogP contribution in [0.15, 0.2) is 69.8 Å². The molecule has 4 aromatic rings. The molecule has 1 amide bonds. The van der Waals surface area contributed by atoms with Crippen molar-refractivity contribution < 1.29 is 32.7 Å². The molecule has 0 aliphatic carbocycles. The highest BCUT2D eigenvalue weighted by Gasteiger charge is 2.22. The van der Waals surface area contributed by atoms with E-state index in [1.54, 1.807) is 42.5 Å². The molecule has 2 aromatic carbocycles. The predicted octanol–water partition coefficient (Wildman–Crippen LogP) is 5.21. The first kappa shape index (κ1) is 22.9. The number of anilines is 1. The van der Waals surface area contributed by atoms with E-state index in [1.807, 2.05) is 0 Å². The molecule has 2 aromatic heterocycles. The van der Waals surface area contributed by atoms with E-state index in [4.69, 9.17) is 34.8 Å². The number of hydrogen-bond acceptors (Lipinski definition) is 8. The Bertz CT molecular complexity index is 1310. The number of benzene rings is 2. The monoisotopic (exact) mass is 482 g/mol. The van der Waals surface area contributed by atoms with Crippen LogP contribution in [0.4, 0.5) is 5.69 Å². The number of nitrogens with zero attached hydrogens (tertiary/aromatic N) is 1. The van der Waals surface area contributed by atoms with Crippen molar-refractivity contribution in [2.45, 2.75) is 6.61 Å². The van der Waals surface area contributed by atoms with Crippen molar-refractivity contribution in [1.29, 1.82) is 0 Å². The lowest BCUT2D eigenvalue weighted by Crippen LogP contribution is -2.17. The zero-order valence-electron chi connectivity index (χ0n) is 18.2. The molecule has 0 radical (unpaired) electrons. The maximum absolute atomic E-state index is 13.0. The van der Waals surface area contributed by atoms with E-state index in [-0.39, 0.29) is 34.2 Å². The highest BCUT2D eigenvalue weighted by Crippen LogP contribution is 2.34. The molecule has 174 valence electrons. The van der Waals surface area contributed by atoms with Crippen molar-refractivity contribution in [3.63, 3.8) is 0 Å². The summed E-state index contributed by atoms with van der Waals surface area (Å²) in [5.41, 5.74) is 0.824. The molecule has 0 saturated carbocycles. The Hall–Kier alpha value is -4.24. The van der Waals surface area contributed by atoms with Gasteiger partial charge in [0.05, 0.1) is 42.3 Å². The van der Waals surface area contributed by atoms with E-state index in [0.29, 0.717) is 23.0 Å². The zero-order chi connectivity index (χ0) is 24.1. The normalized spacial score (nSPS) is 10.6. The second kappa shape index (κ2) is 10.1. The number of hydrogen-bond donors (Lipinski definition) is 1. The second-order valence-electron chi connectivity index (χ2n) is 6.92. The van der Waals surface area contributed by atoms with E-state index in [2.05, 4.69) is 10.5 Å². The summed E-state index contributed by atoms with van der Waals surface area (Å²) in [5.74, 6) is 0.258. The molecule has 0 fully saturated rings. The van der Waals surface area contributed by atoms with Gasteiger partial charge in [-0.3, -0.25) is 4.79 Å². The summed E-state index contributed by atoms with van der Waals surface area (Å²) in [6, 6.07) is 14.5. The zero-order valence-corrected chi connectivity index (χ0v) is 18.9. The number of rotatable bonds is 8. The van der Waals surface area contributed by atoms with Crippen LogP contribution in [0.5, 0.6) is 11.5 Å². The molecule has 0 spiro atoms. The maximum Gasteiger partial charge on any atom is 0.340 e. The Balaban J connectivity index is 1.57. The smallest absolute Gasteiger partial charge is 0.340 e. The van der Waals surface area contributed by atoms with Crippen molar-refractivity contribution in [3.05, 3.63) is 82.7 Å². The topological polar surface area (TPSA) is 113 Å². The fourth-order valence-electron chi connectivity index (χ4n) is 3.12. The minimum atomic E-state index is -0.724. The number of furan rings is 1. The fourth-order valence-corrected chi connectivity index (χ4v) is 3.34. The molecule has 10 heteroatoms. The van der Waals surface area contributed by atoms with Crippen LogP contribution in [-0.4, -0.2) is 31.3 Å². The highest BCUT2D eigenvalue weighted by molar-refractivity contribution is 6.34. The first-order valence-electron chi connectivity index (χ1n) is 9.98. The Labute approximate surface area is 199 Å². The van der Waals surface area contributed by atoms with Crippen LogP contribution in [0.2, 0.25) is 5.02 Å². The SMILES string of the molecule is COc1cc(NC(=O)c2ccccc2Cl)c(C(=O)OCc2cc(-c3ccco3)on2)cc1OC. The van der Waals surface area contributed by atoms with Crippen LogP contribution in [0.25, 0.3) is 11.5 Å². The van der Waals surface area contributed by atoms with Crippen LogP contribution >= 0.6 is 11.6 Å². The minimum Gasteiger partial charge on any atom is -0.493 e. The number of aromatic nitrogens is 1. The number of ether oxygens (including phenoxy) is 3. The van der Waals surface area contributed by atoms with E-state index in [9.17, 15) is 9.59 Å². The Morgan fingerprint density at radius 2 is 1.74 bits per heavy atom. The van der Waals surface area contributed by atoms with Crippen LogP contribution in [0, 0.1) is 0 Å². The number of methoxy groups -OCH3 is 2. The van der Waals surface area contributed by atoms with Gasteiger partial charge in [-0.15, -0.1) is 0 Å².